The van der Waals surface area contributed by atoms with Crippen molar-refractivity contribution >= 4 is 5.57 Å². The van der Waals surface area contributed by atoms with Crippen LogP contribution in [0, 0.1) is 11.7 Å². The molecule has 1 aromatic carbocycles. The van der Waals surface area contributed by atoms with Crippen LogP contribution in [0.3, 0.4) is 0 Å². The summed E-state index contributed by atoms with van der Waals surface area (Å²) in [7, 11) is 0. The van der Waals surface area contributed by atoms with E-state index in [-0.39, 0.29) is 5.82 Å². The molecule has 30 heavy (non-hydrogen) atoms. The van der Waals surface area contributed by atoms with Crippen LogP contribution in [0.5, 0.6) is 0 Å². The molecule has 4 heterocycles. The van der Waals surface area contributed by atoms with Crippen LogP contribution in [-0.2, 0) is 0 Å². The van der Waals surface area contributed by atoms with Gasteiger partial charge in [-0.3, -0.25) is 9.88 Å². The Morgan fingerprint density at radius 3 is 2.67 bits per heavy atom. The highest BCUT2D eigenvalue weighted by Crippen LogP contribution is 2.42. The molecule has 0 spiro atoms. The number of benzene rings is 1. The molecule has 1 N–H and O–H groups in total. The van der Waals surface area contributed by atoms with Crippen molar-refractivity contribution < 1.29 is 4.39 Å². The van der Waals surface area contributed by atoms with Crippen LogP contribution >= 0.6 is 0 Å². The molecule has 5 rings (SSSR count). The Morgan fingerprint density at radius 2 is 1.90 bits per heavy atom. The van der Waals surface area contributed by atoms with E-state index in [0.29, 0.717) is 6.04 Å². The molecule has 0 unspecified atom stereocenters. The zero-order valence-electron chi connectivity index (χ0n) is 17.4. The van der Waals surface area contributed by atoms with E-state index >= 15 is 0 Å². The lowest BCUT2D eigenvalue weighted by atomic mass is 9.89. The molecular formula is C26H28FN3. The molecule has 0 radical (unpaired) electrons. The summed E-state index contributed by atoms with van der Waals surface area (Å²) < 4.78 is 13.5. The third kappa shape index (κ3) is 3.61. The molecule has 2 aliphatic heterocycles. The largest absolute Gasteiger partial charge is 0.360 e. The fourth-order valence-electron chi connectivity index (χ4n) is 5.27. The lowest BCUT2D eigenvalue weighted by Gasteiger charge is -2.29. The molecule has 3 aromatic rings. The van der Waals surface area contributed by atoms with E-state index in [0.717, 1.165) is 35.7 Å². The van der Waals surface area contributed by atoms with Crippen molar-refractivity contribution in [3.63, 3.8) is 0 Å². The summed E-state index contributed by atoms with van der Waals surface area (Å²) in [4.78, 5) is 10.4. The van der Waals surface area contributed by atoms with Gasteiger partial charge in [0.15, 0.2) is 0 Å². The number of pyridine rings is 1. The monoisotopic (exact) mass is 401 g/mol. The maximum Gasteiger partial charge on any atom is 0.123 e. The summed E-state index contributed by atoms with van der Waals surface area (Å²) in [6, 6.07) is 11.5. The van der Waals surface area contributed by atoms with E-state index in [9.17, 15) is 4.39 Å². The van der Waals surface area contributed by atoms with Crippen LogP contribution in [-0.4, -0.2) is 34.0 Å². The lowest BCUT2D eigenvalue weighted by Crippen LogP contribution is -2.33. The van der Waals surface area contributed by atoms with E-state index in [1.807, 2.05) is 24.5 Å². The summed E-state index contributed by atoms with van der Waals surface area (Å²) in [6.45, 7) is 4.57. The molecule has 0 amide bonds. The molecule has 0 bridgehead atoms. The number of aromatic nitrogens is 2. The summed E-state index contributed by atoms with van der Waals surface area (Å²) in [5.41, 5.74) is 7.04. The van der Waals surface area contributed by atoms with Crippen molar-refractivity contribution in [2.75, 3.05) is 13.1 Å². The third-order valence-electron chi connectivity index (χ3n) is 6.67. The van der Waals surface area contributed by atoms with Crippen LogP contribution in [0.15, 0.2) is 61.1 Å². The average Bonchev–Trinajstić information content (AvgIpc) is 3.38. The van der Waals surface area contributed by atoms with Gasteiger partial charge >= 0.3 is 0 Å². The van der Waals surface area contributed by atoms with Crippen LogP contribution in [0.2, 0.25) is 0 Å². The number of nitrogens with one attached hydrogen (secondary N) is 1. The highest BCUT2D eigenvalue weighted by atomic mass is 19.1. The summed E-state index contributed by atoms with van der Waals surface area (Å²) in [5.74, 6) is 0.627. The van der Waals surface area contributed by atoms with Crippen molar-refractivity contribution in [2.45, 2.75) is 38.6 Å². The smallest absolute Gasteiger partial charge is 0.123 e. The number of hydrogen-bond acceptors (Lipinski definition) is 2. The Hall–Kier alpha value is -2.72. The minimum absolute atomic E-state index is 0.214. The predicted molar refractivity (Wildman–Crippen MR) is 120 cm³/mol. The second-order valence-corrected chi connectivity index (χ2v) is 8.63. The second kappa shape index (κ2) is 8.19. The van der Waals surface area contributed by atoms with Gasteiger partial charge in [-0.2, -0.15) is 0 Å². The number of rotatable bonds is 5. The minimum Gasteiger partial charge on any atom is -0.360 e. The van der Waals surface area contributed by atoms with Crippen LogP contribution < -0.4 is 0 Å². The number of H-pyrrole nitrogens is 1. The van der Waals surface area contributed by atoms with Gasteiger partial charge in [0, 0.05) is 48.8 Å². The highest BCUT2D eigenvalue weighted by molar-refractivity contribution is 5.91. The van der Waals surface area contributed by atoms with Crippen molar-refractivity contribution in [2.24, 2.45) is 5.92 Å². The van der Waals surface area contributed by atoms with Gasteiger partial charge in [-0.25, -0.2) is 4.39 Å². The van der Waals surface area contributed by atoms with Crippen molar-refractivity contribution in [3.05, 3.63) is 72.4 Å². The summed E-state index contributed by atoms with van der Waals surface area (Å²) >= 11 is 0. The quantitative estimate of drug-likeness (QED) is 0.555. The van der Waals surface area contributed by atoms with Crippen LogP contribution in [0.25, 0.3) is 28.0 Å². The zero-order valence-corrected chi connectivity index (χ0v) is 17.4. The first-order valence-electron chi connectivity index (χ1n) is 11.0. The molecule has 2 aliphatic rings. The minimum atomic E-state index is -0.214. The van der Waals surface area contributed by atoms with Gasteiger partial charge < -0.3 is 4.98 Å². The Kier molecular flexibility index (Phi) is 5.26. The molecule has 1 saturated heterocycles. The standard InChI is InChI=1S/C26H28FN3/c1-2-3-18-14-23-15-21(10-13-30(23)17-18)24-16-29-26(20-4-6-22(27)7-5-20)25(24)19-8-11-28-12-9-19/h4-12,16,18,23,29H,2-3,13-15,17H2,1H3/t18-,23-/m0/s1. The first-order valence-corrected chi connectivity index (χ1v) is 11.0. The topological polar surface area (TPSA) is 31.9 Å². The first-order chi connectivity index (χ1) is 14.7. The fraction of sp³-hybridized carbons (Fsp3) is 0.346. The van der Waals surface area contributed by atoms with Gasteiger partial charge in [0.2, 0.25) is 0 Å². The number of nitrogens with zero attached hydrogens (tertiary/aromatic N) is 2. The van der Waals surface area contributed by atoms with Crippen molar-refractivity contribution in [1.82, 2.24) is 14.9 Å². The first kappa shape index (κ1) is 19.3. The van der Waals surface area contributed by atoms with Gasteiger partial charge in [0.25, 0.3) is 0 Å². The number of halogens is 1. The maximum atomic E-state index is 13.5. The zero-order chi connectivity index (χ0) is 20.5. The van der Waals surface area contributed by atoms with Gasteiger partial charge in [0.1, 0.15) is 5.82 Å². The van der Waals surface area contributed by atoms with Crippen LogP contribution in [0.4, 0.5) is 4.39 Å². The summed E-state index contributed by atoms with van der Waals surface area (Å²) in [5, 5.41) is 0. The molecule has 3 nitrogen and oxygen atoms in total. The van der Waals surface area contributed by atoms with Gasteiger partial charge in [-0.05, 0) is 78.3 Å². The Balaban J connectivity index is 1.52. The molecule has 4 heteroatoms. The number of hydrogen-bond donors (Lipinski definition) is 1. The van der Waals surface area contributed by atoms with E-state index in [4.69, 9.17) is 0 Å². The van der Waals surface area contributed by atoms with E-state index < -0.39 is 0 Å². The van der Waals surface area contributed by atoms with E-state index in [1.165, 1.54) is 54.6 Å². The average molecular weight is 402 g/mol. The molecular weight excluding hydrogens is 373 g/mol. The van der Waals surface area contributed by atoms with Gasteiger partial charge in [-0.15, -0.1) is 0 Å². The molecule has 2 aromatic heterocycles. The molecule has 0 saturated carbocycles. The SMILES string of the molecule is CCC[C@H]1C[C@H]2CC(c3c[nH]c(-c4ccc(F)cc4)c3-c3ccncc3)=CCN2C1. The number of aromatic amines is 1. The molecule has 1 fully saturated rings. The van der Waals surface area contributed by atoms with E-state index in [1.54, 1.807) is 0 Å². The van der Waals surface area contributed by atoms with Crippen LogP contribution in [0.1, 0.15) is 38.2 Å². The number of fused-ring (bicyclic) bond motifs is 1. The fourth-order valence-corrected chi connectivity index (χ4v) is 5.27. The molecule has 2 atom stereocenters. The Labute approximate surface area is 177 Å². The molecule has 154 valence electrons. The lowest BCUT2D eigenvalue weighted by molar-refractivity contribution is 0.271. The Morgan fingerprint density at radius 1 is 1.10 bits per heavy atom. The van der Waals surface area contributed by atoms with Crippen molar-refractivity contribution in [3.8, 4) is 22.4 Å². The molecule has 0 aliphatic carbocycles. The van der Waals surface area contributed by atoms with E-state index in [2.05, 4.69) is 46.2 Å². The maximum absolute atomic E-state index is 13.5. The van der Waals surface area contributed by atoms with Crippen molar-refractivity contribution in [1.29, 1.82) is 0 Å². The second-order valence-electron chi connectivity index (χ2n) is 8.63. The van der Waals surface area contributed by atoms with Gasteiger partial charge in [0.05, 0.1) is 5.69 Å². The normalized spacial score (nSPS) is 21.5. The highest BCUT2D eigenvalue weighted by Gasteiger charge is 2.34. The third-order valence-corrected chi connectivity index (χ3v) is 6.67. The van der Waals surface area contributed by atoms with Gasteiger partial charge in [-0.1, -0.05) is 19.4 Å². The Bertz CT molecular complexity index is 1040. The summed E-state index contributed by atoms with van der Waals surface area (Å²) in [6.07, 6.45) is 13.2. The predicted octanol–water partition coefficient (Wildman–Crippen LogP) is 6.16.